The molecule has 0 radical (unpaired) electrons. The Morgan fingerprint density at radius 2 is 1.92 bits per heavy atom. The fraction of sp³-hybridized carbons (Fsp3) is 0.333. The van der Waals surface area contributed by atoms with Gasteiger partial charge < -0.3 is 14.6 Å². The molecule has 0 spiro atoms. The fourth-order valence-corrected chi connectivity index (χ4v) is 2.83. The summed E-state index contributed by atoms with van der Waals surface area (Å²) in [6.07, 6.45) is 0. The van der Waals surface area contributed by atoms with Crippen molar-refractivity contribution < 1.29 is 23.6 Å². The van der Waals surface area contributed by atoms with Crippen molar-refractivity contribution in [3.05, 3.63) is 58.2 Å². The van der Waals surface area contributed by atoms with Crippen molar-refractivity contribution in [2.75, 3.05) is 20.7 Å². The molecule has 1 unspecified atom stereocenters. The number of rotatable bonds is 6. The molecule has 1 heterocycles. The van der Waals surface area contributed by atoms with Crippen LogP contribution in [0.15, 0.2) is 24.3 Å². The van der Waals surface area contributed by atoms with Crippen LogP contribution >= 0.6 is 0 Å². The molecule has 2 rings (SSSR count). The number of aromatic amines is 1. The number of aromatic nitrogens is 1. The number of carbonyl (C=O) groups is 2. The van der Waals surface area contributed by atoms with Crippen molar-refractivity contribution in [1.29, 1.82) is 0 Å². The lowest BCUT2D eigenvalue weighted by molar-refractivity contribution is -0.885. The summed E-state index contributed by atoms with van der Waals surface area (Å²) in [6, 6.07) is 6.53. The third kappa shape index (κ3) is 3.71. The second-order valence-electron chi connectivity index (χ2n) is 5.94. The quantitative estimate of drug-likeness (QED) is 0.621. The van der Waals surface area contributed by atoms with Gasteiger partial charge in [-0.25, -0.2) is 9.18 Å². The number of ketones is 1. The SMILES string of the molecule is COC(=O)c1c(C)[nH]c(C(=O)C[NH+](C)Cc2ccccc2F)c1C. The maximum absolute atomic E-state index is 13.7. The number of likely N-dealkylation sites (N-methyl/N-ethyl adjacent to an activating group) is 1. The number of methoxy groups -OCH3 is 1. The minimum absolute atomic E-state index is 0.125. The number of benzene rings is 1. The number of hydrogen-bond acceptors (Lipinski definition) is 3. The molecule has 1 atom stereocenters. The van der Waals surface area contributed by atoms with Crippen LogP contribution in [-0.2, 0) is 11.3 Å². The lowest BCUT2D eigenvalue weighted by atomic mass is 10.1. The van der Waals surface area contributed by atoms with E-state index >= 15 is 0 Å². The van der Waals surface area contributed by atoms with E-state index in [1.54, 1.807) is 32.0 Å². The number of halogens is 1. The summed E-state index contributed by atoms with van der Waals surface area (Å²) in [5, 5.41) is 0. The molecule has 2 aromatic rings. The van der Waals surface area contributed by atoms with Crippen LogP contribution in [0.25, 0.3) is 0 Å². The summed E-state index contributed by atoms with van der Waals surface area (Å²) in [5.41, 5.74) is 2.56. The highest BCUT2D eigenvalue weighted by atomic mass is 19.1. The zero-order chi connectivity index (χ0) is 17.9. The normalized spacial score (nSPS) is 12.0. The Kier molecular flexibility index (Phi) is 5.51. The number of carbonyl (C=O) groups excluding carboxylic acids is 2. The monoisotopic (exact) mass is 333 g/mol. The van der Waals surface area contributed by atoms with Crippen molar-refractivity contribution >= 4 is 11.8 Å². The largest absolute Gasteiger partial charge is 0.465 e. The van der Waals surface area contributed by atoms with E-state index in [1.807, 2.05) is 7.05 Å². The van der Waals surface area contributed by atoms with Gasteiger partial charge in [-0.1, -0.05) is 18.2 Å². The molecular weight excluding hydrogens is 311 g/mol. The molecule has 0 aliphatic carbocycles. The van der Waals surface area contributed by atoms with Gasteiger partial charge in [-0.05, 0) is 25.5 Å². The van der Waals surface area contributed by atoms with Crippen molar-refractivity contribution in [1.82, 2.24) is 4.98 Å². The Morgan fingerprint density at radius 1 is 1.25 bits per heavy atom. The third-order valence-corrected chi connectivity index (χ3v) is 4.02. The summed E-state index contributed by atoms with van der Waals surface area (Å²) in [5.74, 6) is -0.865. The van der Waals surface area contributed by atoms with Crippen LogP contribution in [0.4, 0.5) is 4.39 Å². The van der Waals surface area contributed by atoms with E-state index in [0.29, 0.717) is 34.6 Å². The first-order valence-corrected chi connectivity index (χ1v) is 7.70. The number of esters is 1. The molecule has 24 heavy (non-hydrogen) atoms. The van der Waals surface area contributed by atoms with Crippen LogP contribution in [0.5, 0.6) is 0 Å². The number of H-pyrrole nitrogens is 1. The summed E-state index contributed by atoms with van der Waals surface area (Å²) in [6.45, 7) is 4.04. The number of aryl methyl sites for hydroxylation is 1. The first-order chi connectivity index (χ1) is 11.3. The van der Waals surface area contributed by atoms with Crippen molar-refractivity contribution in [3.8, 4) is 0 Å². The number of Topliss-reactive ketones (excluding diaryl/α,β-unsaturated/α-hetero) is 1. The van der Waals surface area contributed by atoms with Crippen molar-refractivity contribution in [2.45, 2.75) is 20.4 Å². The van der Waals surface area contributed by atoms with Crippen LogP contribution in [-0.4, -0.2) is 37.4 Å². The zero-order valence-electron chi connectivity index (χ0n) is 14.3. The summed E-state index contributed by atoms with van der Waals surface area (Å²) in [4.78, 5) is 28.1. The maximum atomic E-state index is 13.7. The van der Waals surface area contributed by atoms with Gasteiger partial charge in [0.15, 0.2) is 0 Å². The van der Waals surface area contributed by atoms with Gasteiger partial charge in [-0.3, -0.25) is 4.79 Å². The Morgan fingerprint density at radius 3 is 2.54 bits per heavy atom. The van der Waals surface area contributed by atoms with Crippen LogP contribution in [0.2, 0.25) is 0 Å². The summed E-state index contributed by atoms with van der Waals surface area (Å²) in [7, 11) is 3.14. The Balaban J connectivity index is 2.13. The van der Waals surface area contributed by atoms with E-state index in [1.165, 1.54) is 13.2 Å². The molecule has 2 N–H and O–H groups in total. The predicted octanol–water partition coefficient (Wildman–Crippen LogP) is 1.45. The average Bonchev–Trinajstić information content (AvgIpc) is 2.83. The fourth-order valence-electron chi connectivity index (χ4n) is 2.83. The first kappa shape index (κ1) is 17.9. The molecule has 1 aromatic heterocycles. The Bertz CT molecular complexity index is 768. The molecule has 0 saturated heterocycles. The van der Waals surface area contributed by atoms with Crippen molar-refractivity contribution in [3.63, 3.8) is 0 Å². The minimum Gasteiger partial charge on any atom is -0.465 e. The highest BCUT2D eigenvalue weighted by Gasteiger charge is 2.24. The molecule has 0 amide bonds. The molecule has 0 aliphatic rings. The first-order valence-electron chi connectivity index (χ1n) is 7.70. The van der Waals surface area contributed by atoms with E-state index in [-0.39, 0.29) is 18.1 Å². The van der Waals surface area contributed by atoms with Gasteiger partial charge in [0.2, 0.25) is 5.78 Å². The zero-order valence-corrected chi connectivity index (χ0v) is 14.3. The molecule has 6 heteroatoms. The standard InChI is InChI=1S/C18H21FN2O3/c1-11-16(18(23)24-4)12(2)20-17(11)15(22)10-21(3)9-13-7-5-6-8-14(13)19/h5-8,20H,9-10H2,1-4H3/p+1. The van der Waals surface area contributed by atoms with E-state index in [9.17, 15) is 14.0 Å². The molecule has 1 aromatic carbocycles. The number of quaternary nitrogens is 1. The van der Waals surface area contributed by atoms with Crippen LogP contribution < -0.4 is 4.90 Å². The maximum Gasteiger partial charge on any atom is 0.339 e. The lowest BCUT2D eigenvalue weighted by Gasteiger charge is -2.13. The van der Waals surface area contributed by atoms with Gasteiger partial charge in [0.1, 0.15) is 18.9 Å². The molecule has 0 saturated carbocycles. The number of nitrogens with one attached hydrogen (secondary N) is 2. The van der Waals surface area contributed by atoms with Gasteiger partial charge in [-0.15, -0.1) is 0 Å². The number of hydrogen-bond donors (Lipinski definition) is 2. The highest BCUT2D eigenvalue weighted by Crippen LogP contribution is 2.19. The smallest absolute Gasteiger partial charge is 0.339 e. The topological polar surface area (TPSA) is 63.6 Å². The molecule has 0 fully saturated rings. The Hall–Kier alpha value is -2.47. The molecule has 0 aliphatic heterocycles. The summed E-state index contributed by atoms with van der Waals surface area (Å²) < 4.78 is 18.4. The van der Waals surface area contributed by atoms with Crippen molar-refractivity contribution in [2.24, 2.45) is 0 Å². The second kappa shape index (κ2) is 7.40. The third-order valence-electron chi connectivity index (χ3n) is 4.02. The van der Waals surface area contributed by atoms with Gasteiger partial charge in [-0.2, -0.15) is 0 Å². The summed E-state index contributed by atoms with van der Waals surface area (Å²) >= 11 is 0. The van der Waals surface area contributed by atoms with Gasteiger partial charge in [0.05, 0.1) is 25.4 Å². The van der Waals surface area contributed by atoms with Crippen LogP contribution in [0, 0.1) is 19.7 Å². The molecule has 5 nitrogen and oxygen atoms in total. The van der Waals surface area contributed by atoms with Gasteiger partial charge >= 0.3 is 5.97 Å². The minimum atomic E-state index is -0.465. The Labute approximate surface area is 140 Å². The van der Waals surface area contributed by atoms with E-state index in [2.05, 4.69) is 4.98 Å². The van der Waals surface area contributed by atoms with Gasteiger partial charge in [0.25, 0.3) is 0 Å². The second-order valence-corrected chi connectivity index (χ2v) is 5.94. The van der Waals surface area contributed by atoms with Crippen LogP contribution in [0.1, 0.15) is 37.7 Å². The van der Waals surface area contributed by atoms with Gasteiger partial charge in [0, 0.05) is 11.3 Å². The lowest BCUT2D eigenvalue weighted by Crippen LogP contribution is -3.08. The van der Waals surface area contributed by atoms with E-state index in [4.69, 9.17) is 4.74 Å². The molecule has 128 valence electrons. The van der Waals surface area contributed by atoms with Crippen LogP contribution in [0.3, 0.4) is 0 Å². The van der Waals surface area contributed by atoms with E-state index in [0.717, 1.165) is 4.90 Å². The predicted molar refractivity (Wildman–Crippen MR) is 87.8 cm³/mol. The van der Waals surface area contributed by atoms with E-state index < -0.39 is 5.97 Å². The average molecular weight is 333 g/mol. The highest BCUT2D eigenvalue weighted by molar-refractivity contribution is 6.01. The number of ether oxygens (including phenoxy) is 1. The molecular formula is C18H22FN2O3+. The molecule has 0 bridgehead atoms.